The van der Waals surface area contributed by atoms with E-state index in [1.165, 1.54) is 0 Å². The molecule has 0 aliphatic carbocycles. The van der Waals surface area contributed by atoms with Gasteiger partial charge in [0.05, 0.1) is 13.2 Å². The minimum atomic E-state index is -0.190. The second-order valence-corrected chi connectivity index (χ2v) is 3.58. The normalized spacial score (nSPS) is 9.94. The smallest absolute Gasteiger partial charge is 0.238 e. The summed E-state index contributed by atoms with van der Waals surface area (Å²) in [6, 6.07) is 5.57. The highest BCUT2D eigenvalue weighted by atomic mass is 16.5. The van der Waals surface area contributed by atoms with Crippen molar-refractivity contribution in [1.29, 1.82) is 0 Å². The van der Waals surface area contributed by atoms with E-state index in [1.54, 1.807) is 0 Å². The molecule has 0 aliphatic rings. The van der Waals surface area contributed by atoms with E-state index in [0.29, 0.717) is 6.61 Å². The summed E-state index contributed by atoms with van der Waals surface area (Å²) in [5.41, 5.74) is 6.97. The van der Waals surface area contributed by atoms with E-state index in [4.69, 9.17) is 10.5 Å². The zero-order valence-corrected chi connectivity index (χ0v) is 9.75. The largest absolute Gasteiger partial charge is 0.494 e. The third-order valence-electron chi connectivity index (χ3n) is 2.13. The maximum absolute atomic E-state index is 11.1. The van der Waals surface area contributed by atoms with E-state index >= 15 is 0 Å². The lowest BCUT2D eigenvalue weighted by Gasteiger charge is -2.10. The van der Waals surface area contributed by atoms with Crippen LogP contribution in [0.3, 0.4) is 0 Å². The second kappa shape index (κ2) is 6.12. The van der Waals surface area contributed by atoms with Crippen LogP contribution in [-0.2, 0) is 4.79 Å². The number of nitrogens with two attached hydrogens (primary N) is 1. The highest BCUT2D eigenvalue weighted by Crippen LogP contribution is 2.21. The third-order valence-corrected chi connectivity index (χ3v) is 2.13. The minimum Gasteiger partial charge on any atom is -0.494 e. The summed E-state index contributed by atoms with van der Waals surface area (Å²) in [5.74, 6) is 0.635. The van der Waals surface area contributed by atoms with Crippen LogP contribution in [0.25, 0.3) is 0 Å². The minimum absolute atomic E-state index is 0.00642. The van der Waals surface area contributed by atoms with Crippen molar-refractivity contribution in [1.82, 2.24) is 0 Å². The number of aryl methyl sites for hydroxylation is 1. The fourth-order valence-electron chi connectivity index (χ4n) is 1.29. The van der Waals surface area contributed by atoms with Gasteiger partial charge >= 0.3 is 0 Å². The average Bonchev–Trinajstić information content (AvgIpc) is 2.29. The number of benzene rings is 1. The third kappa shape index (κ3) is 3.55. The molecule has 0 aromatic heterocycles. The van der Waals surface area contributed by atoms with Gasteiger partial charge in [-0.15, -0.1) is 0 Å². The number of hydrogen-bond acceptors (Lipinski definition) is 3. The molecule has 0 fully saturated rings. The first-order chi connectivity index (χ1) is 7.67. The van der Waals surface area contributed by atoms with Crippen molar-refractivity contribution in [2.24, 2.45) is 5.73 Å². The Balaban J connectivity index is 2.71. The van der Waals surface area contributed by atoms with Gasteiger partial charge in [0.25, 0.3) is 0 Å². The standard InChI is InChI=1S/C12H18N2O2/c1-3-6-16-10-4-5-11(9(2)7-10)14-12(15)8-13/h4-5,7H,3,6,8,13H2,1-2H3,(H,14,15). The number of ether oxygens (including phenoxy) is 1. The Kier molecular flexibility index (Phi) is 4.79. The SMILES string of the molecule is CCCOc1ccc(NC(=O)CN)c(C)c1. The van der Waals surface area contributed by atoms with E-state index in [9.17, 15) is 4.79 Å². The van der Waals surface area contributed by atoms with Crippen LogP contribution in [-0.4, -0.2) is 19.1 Å². The van der Waals surface area contributed by atoms with Crippen LogP contribution in [0.15, 0.2) is 18.2 Å². The summed E-state index contributed by atoms with van der Waals surface area (Å²) in [6.07, 6.45) is 0.977. The first kappa shape index (κ1) is 12.5. The monoisotopic (exact) mass is 222 g/mol. The summed E-state index contributed by atoms with van der Waals surface area (Å²) >= 11 is 0. The first-order valence-corrected chi connectivity index (χ1v) is 5.40. The number of carbonyl (C=O) groups is 1. The number of anilines is 1. The van der Waals surface area contributed by atoms with E-state index in [2.05, 4.69) is 12.2 Å². The van der Waals surface area contributed by atoms with Crippen LogP contribution < -0.4 is 15.8 Å². The van der Waals surface area contributed by atoms with Gasteiger partial charge in [-0.05, 0) is 37.1 Å². The predicted molar refractivity (Wildman–Crippen MR) is 64.6 cm³/mol. The number of amides is 1. The number of hydrogen-bond donors (Lipinski definition) is 2. The van der Waals surface area contributed by atoms with Crippen LogP contribution >= 0.6 is 0 Å². The molecule has 0 spiro atoms. The van der Waals surface area contributed by atoms with Crippen molar-refractivity contribution >= 4 is 11.6 Å². The Morgan fingerprint density at radius 2 is 2.25 bits per heavy atom. The summed E-state index contributed by atoms with van der Waals surface area (Å²) < 4.78 is 5.48. The molecule has 0 radical (unpaired) electrons. The molecule has 4 heteroatoms. The zero-order chi connectivity index (χ0) is 12.0. The topological polar surface area (TPSA) is 64.3 Å². The fourth-order valence-corrected chi connectivity index (χ4v) is 1.29. The van der Waals surface area contributed by atoms with Gasteiger partial charge in [-0.2, -0.15) is 0 Å². The Labute approximate surface area is 95.8 Å². The zero-order valence-electron chi connectivity index (χ0n) is 9.75. The molecular formula is C12H18N2O2. The summed E-state index contributed by atoms with van der Waals surface area (Å²) in [6.45, 7) is 4.68. The van der Waals surface area contributed by atoms with E-state index in [1.807, 2.05) is 25.1 Å². The van der Waals surface area contributed by atoms with Gasteiger partial charge in [0.2, 0.25) is 5.91 Å². The van der Waals surface area contributed by atoms with E-state index < -0.39 is 0 Å². The molecule has 0 aliphatic heterocycles. The predicted octanol–water partition coefficient (Wildman–Crippen LogP) is 1.68. The van der Waals surface area contributed by atoms with Gasteiger partial charge in [0.15, 0.2) is 0 Å². The molecule has 88 valence electrons. The molecule has 0 saturated heterocycles. The molecule has 0 heterocycles. The second-order valence-electron chi connectivity index (χ2n) is 3.58. The lowest BCUT2D eigenvalue weighted by molar-refractivity contribution is -0.114. The Bertz CT molecular complexity index is 364. The maximum Gasteiger partial charge on any atom is 0.238 e. The summed E-state index contributed by atoms with van der Waals surface area (Å²) in [4.78, 5) is 11.1. The molecule has 16 heavy (non-hydrogen) atoms. The molecule has 1 aromatic rings. The van der Waals surface area contributed by atoms with E-state index in [-0.39, 0.29) is 12.5 Å². The number of rotatable bonds is 5. The summed E-state index contributed by atoms with van der Waals surface area (Å²) in [7, 11) is 0. The fraction of sp³-hybridized carbons (Fsp3) is 0.417. The average molecular weight is 222 g/mol. The highest BCUT2D eigenvalue weighted by molar-refractivity contribution is 5.92. The molecule has 1 aromatic carbocycles. The van der Waals surface area contributed by atoms with Gasteiger partial charge < -0.3 is 15.8 Å². The number of nitrogens with one attached hydrogen (secondary N) is 1. The Morgan fingerprint density at radius 3 is 2.81 bits per heavy atom. The van der Waals surface area contributed by atoms with Crippen molar-refractivity contribution < 1.29 is 9.53 Å². The molecular weight excluding hydrogens is 204 g/mol. The van der Waals surface area contributed by atoms with Gasteiger partial charge in [-0.3, -0.25) is 4.79 Å². The van der Waals surface area contributed by atoms with Gasteiger partial charge in [0, 0.05) is 5.69 Å². The van der Waals surface area contributed by atoms with E-state index in [0.717, 1.165) is 23.4 Å². The van der Waals surface area contributed by atoms with Gasteiger partial charge in [-0.1, -0.05) is 6.92 Å². The highest BCUT2D eigenvalue weighted by Gasteiger charge is 2.03. The lowest BCUT2D eigenvalue weighted by atomic mass is 10.2. The van der Waals surface area contributed by atoms with Crippen LogP contribution in [0.2, 0.25) is 0 Å². The van der Waals surface area contributed by atoms with Crippen molar-refractivity contribution in [3.8, 4) is 5.75 Å². The molecule has 3 N–H and O–H groups in total. The molecule has 1 rings (SSSR count). The number of carbonyl (C=O) groups excluding carboxylic acids is 1. The van der Waals surface area contributed by atoms with Crippen LogP contribution in [0.1, 0.15) is 18.9 Å². The quantitative estimate of drug-likeness (QED) is 0.796. The summed E-state index contributed by atoms with van der Waals surface area (Å²) in [5, 5.41) is 2.72. The molecule has 1 amide bonds. The molecule has 0 saturated carbocycles. The molecule has 4 nitrogen and oxygen atoms in total. The molecule has 0 bridgehead atoms. The Morgan fingerprint density at radius 1 is 1.50 bits per heavy atom. The lowest BCUT2D eigenvalue weighted by Crippen LogP contribution is -2.22. The van der Waals surface area contributed by atoms with Crippen LogP contribution in [0.5, 0.6) is 5.75 Å². The maximum atomic E-state index is 11.1. The van der Waals surface area contributed by atoms with Crippen molar-refractivity contribution in [3.05, 3.63) is 23.8 Å². The molecule has 0 atom stereocenters. The van der Waals surface area contributed by atoms with Crippen molar-refractivity contribution in [2.75, 3.05) is 18.5 Å². The molecule has 0 unspecified atom stereocenters. The van der Waals surface area contributed by atoms with Crippen LogP contribution in [0.4, 0.5) is 5.69 Å². The van der Waals surface area contributed by atoms with Gasteiger partial charge in [0.1, 0.15) is 5.75 Å². The van der Waals surface area contributed by atoms with Crippen LogP contribution in [0, 0.1) is 6.92 Å². The first-order valence-electron chi connectivity index (χ1n) is 5.40. The Hall–Kier alpha value is -1.55. The van der Waals surface area contributed by atoms with Crippen molar-refractivity contribution in [3.63, 3.8) is 0 Å². The van der Waals surface area contributed by atoms with Crippen molar-refractivity contribution in [2.45, 2.75) is 20.3 Å². The van der Waals surface area contributed by atoms with Gasteiger partial charge in [-0.25, -0.2) is 0 Å².